The van der Waals surface area contributed by atoms with Gasteiger partial charge in [-0.2, -0.15) is 0 Å². The van der Waals surface area contributed by atoms with E-state index in [1.807, 2.05) is 12.3 Å². The molecule has 0 amide bonds. The summed E-state index contributed by atoms with van der Waals surface area (Å²) in [6.45, 7) is 6.67. The lowest BCUT2D eigenvalue weighted by Gasteiger charge is -2.25. The SMILES string of the molecule is CC(C)(C)c1cc(B2NB(c3ccccc3)c3ccccc3-c3ccccc32)nc(-n2c3ccccc3c3cccnc32)c1. The first-order chi connectivity index (χ1) is 21.5. The molecule has 1 aliphatic heterocycles. The number of para-hydroxylation sites is 1. The quantitative estimate of drug-likeness (QED) is 0.294. The lowest BCUT2D eigenvalue weighted by molar-refractivity contribution is 0.589. The van der Waals surface area contributed by atoms with Crippen LogP contribution in [0.25, 0.3) is 38.9 Å². The highest BCUT2D eigenvalue weighted by Gasteiger charge is 2.36. The molecule has 1 N–H and O–H groups in total. The first kappa shape index (κ1) is 26.7. The highest BCUT2D eigenvalue weighted by molar-refractivity contribution is 6.98. The summed E-state index contributed by atoms with van der Waals surface area (Å²) in [6.07, 6.45) is 1.87. The van der Waals surface area contributed by atoms with E-state index in [1.54, 1.807) is 0 Å². The largest absolute Gasteiger partial charge is 0.381 e. The fourth-order valence-electron chi connectivity index (χ4n) is 6.76. The molecule has 210 valence electrons. The predicted molar refractivity (Wildman–Crippen MR) is 187 cm³/mol. The van der Waals surface area contributed by atoms with Crippen LogP contribution in [-0.2, 0) is 5.41 Å². The van der Waals surface area contributed by atoms with Gasteiger partial charge in [-0.3, -0.25) is 4.57 Å². The summed E-state index contributed by atoms with van der Waals surface area (Å²) in [4.78, 5) is 10.4. The van der Waals surface area contributed by atoms with Crippen LogP contribution >= 0.6 is 0 Å². The predicted octanol–water partition coefficient (Wildman–Crippen LogP) is 5.35. The molecule has 3 aromatic heterocycles. The van der Waals surface area contributed by atoms with Gasteiger partial charge >= 0.3 is 6.85 Å². The van der Waals surface area contributed by atoms with Crippen LogP contribution in [-0.4, -0.2) is 28.2 Å². The van der Waals surface area contributed by atoms with Crippen molar-refractivity contribution in [2.75, 3.05) is 0 Å². The molecule has 44 heavy (non-hydrogen) atoms. The zero-order valence-corrected chi connectivity index (χ0v) is 25.2. The first-order valence-corrected chi connectivity index (χ1v) is 15.3. The molecule has 1 aliphatic rings. The van der Waals surface area contributed by atoms with Gasteiger partial charge in [0.1, 0.15) is 11.5 Å². The first-order valence-electron chi connectivity index (χ1n) is 15.3. The van der Waals surface area contributed by atoms with E-state index in [0.717, 1.165) is 28.0 Å². The van der Waals surface area contributed by atoms with Crippen LogP contribution in [0, 0.1) is 0 Å². The van der Waals surface area contributed by atoms with E-state index in [4.69, 9.17) is 9.97 Å². The molecule has 0 saturated carbocycles. The van der Waals surface area contributed by atoms with Crippen LogP contribution in [0.3, 0.4) is 0 Å². The van der Waals surface area contributed by atoms with Crippen LogP contribution < -0.4 is 27.1 Å². The van der Waals surface area contributed by atoms with E-state index in [1.165, 1.54) is 38.5 Å². The molecule has 0 fully saturated rings. The average molecular weight is 566 g/mol. The van der Waals surface area contributed by atoms with Crippen molar-refractivity contribution in [2.45, 2.75) is 26.2 Å². The average Bonchev–Trinajstić information content (AvgIpc) is 3.31. The number of hydrogen-bond acceptors (Lipinski definition) is 3. The molecule has 0 saturated heterocycles. The van der Waals surface area contributed by atoms with Crippen molar-refractivity contribution in [3.8, 4) is 16.9 Å². The van der Waals surface area contributed by atoms with Crippen molar-refractivity contribution in [1.82, 2.24) is 19.7 Å². The zero-order valence-electron chi connectivity index (χ0n) is 25.2. The summed E-state index contributed by atoms with van der Waals surface area (Å²) in [7, 11) is 0. The van der Waals surface area contributed by atoms with E-state index in [2.05, 4.69) is 152 Å². The minimum Gasteiger partial charge on any atom is -0.381 e. The van der Waals surface area contributed by atoms with Crippen LogP contribution in [0.4, 0.5) is 0 Å². The molecule has 4 heterocycles. The second kappa shape index (κ2) is 10.4. The normalized spacial score (nSPS) is 13.2. The third-order valence-corrected chi connectivity index (χ3v) is 8.96. The maximum atomic E-state index is 5.51. The summed E-state index contributed by atoms with van der Waals surface area (Å²) in [5.74, 6) is 0.884. The van der Waals surface area contributed by atoms with E-state index in [0.29, 0.717) is 0 Å². The number of benzene rings is 4. The number of nitrogens with zero attached hydrogens (tertiary/aromatic N) is 3. The molecule has 0 unspecified atom stereocenters. The minimum absolute atomic E-state index is 0.0109. The molecule has 4 aromatic carbocycles. The molecular formula is C38H32B2N4. The summed E-state index contributed by atoms with van der Waals surface area (Å²) >= 11 is 0. The molecule has 0 bridgehead atoms. The molecule has 0 radical (unpaired) electrons. The van der Waals surface area contributed by atoms with Gasteiger partial charge in [-0.15, -0.1) is 0 Å². The smallest absolute Gasteiger partial charge is 0.300 e. The van der Waals surface area contributed by atoms with Gasteiger partial charge in [0, 0.05) is 22.6 Å². The highest BCUT2D eigenvalue weighted by Crippen LogP contribution is 2.31. The Labute approximate surface area is 259 Å². The van der Waals surface area contributed by atoms with Crippen molar-refractivity contribution in [1.29, 1.82) is 0 Å². The molecule has 0 spiro atoms. The van der Waals surface area contributed by atoms with Crippen molar-refractivity contribution < 1.29 is 0 Å². The van der Waals surface area contributed by atoms with E-state index >= 15 is 0 Å². The lowest BCUT2D eigenvalue weighted by atomic mass is 9.42. The molecule has 6 heteroatoms. The standard InChI is InChI=1S/C38H32B2N4/c1-38(2,3)26-24-35(42-36(25-26)44-34-22-12-9-18-30(34)31-19-13-23-41-37(31)44)40-33-21-11-8-17-29(33)28-16-7-10-20-32(28)39(43-40)27-14-5-4-6-15-27/h4-25,43H,1-3H3. The Balaban J connectivity index is 1.41. The molecular weight excluding hydrogens is 534 g/mol. The van der Waals surface area contributed by atoms with Gasteiger partial charge in [0.05, 0.1) is 5.52 Å². The van der Waals surface area contributed by atoms with Crippen LogP contribution in [0.5, 0.6) is 0 Å². The van der Waals surface area contributed by atoms with Gasteiger partial charge in [0.2, 0.25) is 0 Å². The Morgan fingerprint density at radius 3 is 2.02 bits per heavy atom. The maximum Gasteiger partial charge on any atom is 0.300 e. The third-order valence-electron chi connectivity index (χ3n) is 8.96. The molecule has 4 nitrogen and oxygen atoms in total. The summed E-state index contributed by atoms with van der Waals surface area (Å²) < 4.78 is 2.23. The van der Waals surface area contributed by atoms with Crippen molar-refractivity contribution in [3.63, 3.8) is 0 Å². The Bertz CT molecular complexity index is 2110. The number of hydrogen-bond donors (Lipinski definition) is 1. The van der Waals surface area contributed by atoms with Crippen LogP contribution in [0.15, 0.2) is 134 Å². The number of rotatable bonds is 3. The molecule has 0 aliphatic carbocycles. The Morgan fingerprint density at radius 2 is 1.27 bits per heavy atom. The molecule has 7 aromatic rings. The second-order valence-electron chi connectivity index (χ2n) is 12.7. The van der Waals surface area contributed by atoms with Gasteiger partial charge < -0.3 is 5.14 Å². The minimum atomic E-state index is -0.147. The van der Waals surface area contributed by atoms with Crippen LogP contribution in [0.2, 0.25) is 0 Å². The van der Waals surface area contributed by atoms with Gasteiger partial charge in [-0.1, -0.05) is 129 Å². The zero-order chi connectivity index (χ0) is 29.8. The summed E-state index contributed by atoms with van der Waals surface area (Å²) in [5.41, 5.74) is 10.4. The topological polar surface area (TPSA) is 42.7 Å². The third kappa shape index (κ3) is 4.37. The maximum absolute atomic E-state index is 5.51. The van der Waals surface area contributed by atoms with E-state index < -0.39 is 0 Å². The summed E-state index contributed by atoms with van der Waals surface area (Å²) in [5, 5.41) is 6.41. The van der Waals surface area contributed by atoms with E-state index in [-0.39, 0.29) is 19.1 Å². The Morgan fingerprint density at radius 1 is 0.636 bits per heavy atom. The summed E-state index contributed by atoms with van der Waals surface area (Å²) in [6, 6.07) is 45.6. The second-order valence-corrected chi connectivity index (χ2v) is 12.7. The molecule has 0 atom stereocenters. The van der Waals surface area contributed by atoms with Crippen molar-refractivity contribution in [2.24, 2.45) is 0 Å². The lowest BCUT2D eigenvalue weighted by Crippen LogP contribution is -2.66. The number of fused-ring (bicyclic) bond motifs is 6. The number of aromatic nitrogens is 3. The Hall–Kier alpha value is -4.93. The fourth-order valence-corrected chi connectivity index (χ4v) is 6.76. The van der Waals surface area contributed by atoms with Gasteiger partial charge in [0.25, 0.3) is 6.85 Å². The van der Waals surface area contributed by atoms with Gasteiger partial charge in [-0.05, 0) is 57.9 Å². The van der Waals surface area contributed by atoms with Crippen molar-refractivity contribution in [3.05, 3.63) is 139 Å². The van der Waals surface area contributed by atoms with E-state index in [9.17, 15) is 0 Å². The molecule has 8 rings (SSSR count). The number of nitrogens with one attached hydrogen (secondary N) is 1. The number of pyridine rings is 2. The van der Waals surface area contributed by atoms with Crippen molar-refractivity contribution >= 4 is 57.6 Å². The van der Waals surface area contributed by atoms with Gasteiger partial charge in [0.15, 0.2) is 0 Å². The fraction of sp³-hybridized carbons (Fsp3) is 0.105. The van der Waals surface area contributed by atoms with Crippen LogP contribution in [0.1, 0.15) is 26.3 Å². The monoisotopic (exact) mass is 566 g/mol. The highest BCUT2D eigenvalue weighted by atomic mass is 15.1. The van der Waals surface area contributed by atoms with Gasteiger partial charge in [-0.25, -0.2) is 9.97 Å². The Kier molecular flexibility index (Phi) is 6.28.